The van der Waals surface area contributed by atoms with E-state index in [1.54, 1.807) is 24.4 Å². The van der Waals surface area contributed by atoms with Crippen LogP contribution in [0.5, 0.6) is 0 Å². The van der Waals surface area contributed by atoms with E-state index in [9.17, 15) is 14.0 Å². The summed E-state index contributed by atoms with van der Waals surface area (Å²) in [5.74, 6) is -0.504. The lowest BCUT2D eigenvalue weighted by Crippen LogP contribution is -2.20. The summed E-state index contributed by atoms with van der Waals surface area (Å²) >= 11 is 0. The van der Waals surface area contributed by atoms with Crippen molar-refractivity contribution in [1.82, 2.24) is 14.8 Å². The average molecular weight is 391 g/mol. The number of carbonyl (C=O) groups excluding carboxylic acids is 1. The molecule has 0 radical (unpaired) electrons. The van der Waals surface area contributed by atoms with Crippen molar-refractivity contribution in [3.8, 4) is 11.1 Å². The zero-order valence-corrected chi connectivity index (χ0v) is 15.6. The van der Waals surface area contributed by atoms with E-state index in [0.717, 1.165) is 22.0 Å². The molecule has 2 aromatic carbocycles. The molecule has 146 valence electrons. The van der Waals surface area contributed by atoms with Gasteiger partial charge in [0.2, 0.25) is 5.91 Å². The zero-order valence-electron chi connectivity index (χ0n) is 15.6. The molecule has 2 aromatic heterocycles. The van der Waals surface area contributed by atoms with E-state index in [1.807, 2.05) is 18.2 Å². The molecule has 0 atom stereocenters. The Bertz CT molecular complexity index is 1290. The first-order valence-electron chi connectivity index (χ1n) is 8.92. The Balaban J connectivity index is 1.70. The Morgan fingerprint density at radius 2 is 2.00 bits per heavy atom. The number of halogens is 1. The number of amides is 1. The summed E-state index contributed by atoms with van der Waals surface area (Å²) in [4.78, 5) is 23.6. The van der Waals surface area contributed by atoms with Crippen LogP contribution >= 0.6 is 0 Å². The standard InChI is InChI=1S/C21H18FN5O2/c1-12(28)24-17-4-2-3-15(20(17)22)11-27-10-14(6-8-19(27)29)13-5-7-16-18(9-13)25-26-21(16)23/h2-10H,11H2,1H3,(H,24,28)(H3,23,25,26). The number of H-pyrrole nitrogens is 1. The number of nitrogens with one attached hydrogen (secondary N) is 2. The predicted octanol–water partition coefficient (Wildman–Crippen LogP) is 3.12. The largest absolute Gasteiger partial charge is 0.382 e. The SMILES string of the molecule is CC(=O)Nc1cccc(Cn2cc(-c3ccc4c(N)n[nH]c4c3)ccc2=O)c1F. The maximum absolute atomic E-state index is 14.7. The molecule has 4 rings (SSSR count). The molecule has 7 nitrogen and oxygen atoms in total. The molecule has 0 spiro atoms. The van der Waals surface area contributed by atoms with Gasteiger partial charge in [0.15, 0.2) is 11.6 Å². The highest BCUT2D eigenvalue weighted by atomic mass is 19.1. The molecule has 0 saturated heterocycles. The Hall–Kier alpha value is -3.94. The number of aromatic nitrogens is 3. The Morgan fingerprint density at radius 1 is 1.21 bits per heavy atom. The fourth-order valence-corrected chi connectivity index (χ4v) is 3.22. The maximum Gasteiger partial charge on any atom is 0.250 e. The van der Waals surface area contributed by atoms with Crippen molar-refractivity contribution in [3.63, 3.8) is 0 Å². The lowest BCUT2D eigenvalue weighted by Gasteiger charge is -2.12. The number of rotatable bonds is 4. The molecule has 0 aliphatic rings. The van der Waals surface area contributed by atoms with E-state index in [0.29, 0.717) is 11.4 Å². The third-order valence-electron chi connectivity index (χ3n) is 4.64. The van der Waals surface area contributed by atoms with Gasteiger partial charge in [-0.1, -0.05) is 18.2 Å². The highest BCUT2D eigenvalue weighted by Gasteiger charge is 2.11. The van der Waals surface area contributed by atoms with Gasteiger partial charge in [0.05, 0.1) is 17.7 Å². The smallest absolute Gasteiger partial charge is 0.250 e. The minimum atomic E-state index is -0.561. The number of carbonyl (C=O) groups is 1. The summed E-state index contributed by atoms with van der Waals surface area (Å²) in [6.07, 6.45) is 1.67. The lowest BCUT2D eigenvalue weighted by molar-refractivity contribution is -0.114. The Kier molecular flexibility index (Phi) is 4.59. The van der Waals surface area contributed by atoms with E-state index < -0.39 is 5.82 Å². The number of pyridine rings is 1. The third kappa shape index (κ3) is 3.60. The van der Waals surface area contributed by atoms with Crippen molar-refractivity contribution >= 4 is 28.3 Å². The fraction of sp³-hybridized carbons (Fsp3) is 0.0952. The number of nitrogen functional groups attached to an aromatic ring is 1. The summed E-state index contributed by atoms with van der Waals surface area (Å²) < 4.78 is 16.1. The van der Waals surface area contributed by atoms with Crippen LogP contribution in [0.3, 0.4) is 0 Å². The third-order valence-corrected chi connectivity index (χ3v) is 4.64. The Morgan fingerprint density at radius 3 is 2.79 bits per heavy atom. The zero-order chi connectivity index (χ0) is 20.5. The number of nitrogens with zero attached hydrogens (tertiary/aromatic N) is 2. The van der Waals surface area contributed by atoms with Crippen molar-refractivity contribution in [1.29, 1.82) is 0 Å². The first-order chi connectivity index (χ1) is 13.9. The van der Waals surface area contributed by atoms with Gasteiger partial charge in [-0.2, -0.15) is 5.10 Å². The van der Waals surface area contributed by atoms with Crippen LogP contribution in [-0.4, -0.2) is 20.7 Å². The normalized spacial score (nSPS) is 11.0. The number of hydrogen-bond acceptors (Lipinski definition) is 4. The summed E-state index contributed by atoms with van der Waals surface area (Å²) in [5, 5.41) is 10.1. The number of nitrogens with two attached hydrogens (primary N) is 1. The highest BCUT2D eigenvalue weighted by molar-refractivity contribution is 5.91. The van der Waals surface area contributed by atoms with Crippen LogP contribution in [0.1, 0.15) is 12.5 Å². The monoisotopic (exact) mass is 391 g/mol. The van der Waals surface area contributed by atoms with Crippen LogP contribution in [0.2, 0.25) is 0 Å². The number of fused-ring (bicyclic) bond motifs is 1. The molecular weight excluding hydrogens is 373 g/mol. The van der Waals surface area contributed by atoms with E-state index in [1.165, 1.54) is 23.6 Å². The van der Waals surface area contributed by atoms with Crippen LogP contribution in [-0.2, 0) is 11.3 Å². The summed E-state index contributed by atoms with van der Waals surface area (Å²) in [6, 6.07) is 13.5. The van der Waals surface area contributed by atoms with Crippen LogP contribution in [0.25, 0.3) is 22.0 Å². The molecule has 0 saturated carbocycles. The van der Waals surface area contributed by atoms with Crippen LogP contribution < -0.4 is 16.6 Å². The van der Waals surface area contributed by atoms with Crippen molar-refractivity contribution in [2.75, 3.05) is 11.1 Å². The Labute approximate surface area is 165 Å². The quantitative estimate of drug-likeness (QED) is 0.497. The van der Waals surface area contributed by atoms with Crippen LogP contribution in [0, 0.1) is 5.82 Å². The molecule has 4 N–H and O–H groups in total. The van der Waals surface area contributed by atoms with Gasteiger partial charge in [-0.25, -0.2) is 4.39 Å². The predicted molar refractivity (Wildman–Crippen MR) is 110 cm³/mol. The van der Waals surface area contributed by atoms with E-state index >= 15 is 0 Å². The number of hydrogen-bond donors (Lipinski definition) is 3. The van der Waals surface area contributed by atoms with Crippen molar-refractivity contribution < 1.29 is 9.18 Å². The van der Waals surface area contributed by atoms with E-state index in [4.69, 9.17) is 5.73 Å². The second kappa shape index (κ2) is 7.23. The van der Waals surface area contributed by atoms with Crippen LogP contribution in [0.4, 0.5) is 15.9 Å². The van der Waals surface area contributed by atoms with Gasteiger partial charge in [-0.15, -0.1) is 0 Å². The highest BCUT2D eigenvalue weighted by Crippen LogP contribution is 2.25. The fourth-order valence-electron chi connectivity index (χ4n) is 3.22. The minimum absolute atomic E-state index is 0.0329. The molecular formula is C21H18FN5O2. The van der Waals surface area contributed by atoms with Crippen molar-refractivity contribution in [2.45, 2.75) is 13.5 Å². The van der Waals surface area contributed by atoms with Crippen LogP contribution in [0.15, 0.2) is 59.5 Å². The molecule has 1 amide bonds. The van der Waals surface area contributed by atoms with Gasteiger partial charge >= 0.3 is 0 Å². The van der Waals surface area contributed by atoms with Crippen molar-refractivity contribution in [2.24, 2.45) is 0 Å². The topological polar surface area (TPSA) is 106 Å². The average Bonchev–Trinajstić information content (AvgIpc) is 3.06. The first-order valence-corrected chi connectivity index (χ1v) is 8.92. The number of anilines is 2. The summed E-state index contributed by atoms with van der Waals surface area (Å²) in [6.45, 7) is 1.34. The second-order valence-electron chi connectivity index (χ2n) is 6.71. The molecule has 0 aliphatic heterocycles. The number of benzene rings is 2. The molecule has 0 aliphatic carbocycles. The summed E-state index contributed by atoms with van der Waals surface area (Å²) in [7, 11) is 0. The van der Waals surface area contributed by atoms with E-state index in [-0.39, 0.29) is 23.7 Å². The minimum Gasteiger partial charge on any atom is -0.382 e. The summed E-state index contributed by atoms with van der Waals surface area (Å²) in [5.41, 5.74) is 8.36. The molecule has 0 fully saturated rings. The lowest BCUT2D eigenvalue weighted by atomic mass is 10.1. The molecule has 8 heteroatoms. The van der Waals surface area contributed by atoms with E-state index in [2.05, 4.69) is 15.5 Å². The molecule has 4 aromatic rings. The van der Waals surface area contributed by atoms with Gasteiger partial charge < -0.3 is 15.6 Å². The van der Waals surface area contributed by atoms with Gasteiger partial charge in [-0.3, -0.25) is 14.7 Å². The molecule has 29 heavy (non-hydrogen) atoms. The second-order valence-corrected chi connectivity index (χ2v) is 6.71. The molecule has 0 bridgehead atoms. The molecule has 2 heterocycles. The van der Waals surface area contributed by atoms with Gasteiger partial charge in [0.25, 0.3) is 5.56 Å². The number of aromatic amines is 1. The first kappa shape index (κ1) is 18.4. The molecule has 0 unspecified atom stereocenters. The van der Waals surface area contributed by atoms with Crippen molar-refractivity contribution in [3.05, 3.63) is 76.5 Å². The van der Waals surface area contributed by atoms with Gasteiger partial charge in [-0.05, 0) is 35.4 Å². The van der Waals surface area contributed by atoms with Gasteiger partial charge in [0.1, 0.15) is 0 Å². The maximum atomic E-state index is 14.7. The van der Waals surface area contributed by atoms with Gasteiger partial charge in [0, 0.05) is 30.1 Å².